The highest BCUT2D eigenvalue weighted by Crippen LogP contribution is 2.50. The molecule has 1 unspecified atom stereocenters. The van der Waals surface area contributed by atoms with Crippen LogP contribution in [0.4, 0.5) is 13.6 Å². The molecular weight excluding hydrogens is 372 g/mol. The Morgan fingerprint density at radius 1 is 1.25 bits per heavy atom. The van der Waals surface area contributed by atoms with Crippen molar-refractivity contribution in [2.45, 2.75) is 58.2 Å². The number of fused-ring (bicyclic) bond motifs is 1. The van der Waals surface area contributed by atoms with E-state index in [4.69, 9.17) is 4.74 Å². The van der Waals surface area contributed by atoms with Gasteiger partial charge in [0.05, 0.1) is 24.5 Å². The summed E-state index contributed by atoms with van der Waals surface area (Å²) in [6.45, 7) is 5.64. The van der Waals surface area contributed by atoms with Gasteiger partial charge >= 0.3 is 6.09 Å². The maximum Gasteiger partial charge on any atom is 0.407 e. The molecule has 0 spiro atoms. The number of hydrogen-bond donors (Lipinski definition) is 2. The number of aromatic nitrogens is 3. The van der Waals surface area contributed by atoms with Crippen LogP contribution < -0.4 is 10.6 Å². The largest absolute Gasteiger partial charge is 0.444 e. The van der Waals surface area contributed by atoms with Gasteiger partial charge in [0.1, 0.15) is 5.60 Å². The first kappa shape index (κ1) is 20.0. The second-order valence-electron chi connectivity index (χ2n) is 7.86. The summed E-state index contributed by atoms with van der Waals surface area (Å²) in [4.78, 5) is 32.1. The molecule has 2 aromatic heterocycles. The van der Waals surface area contributed by atoms with Crippen molar-refractivity contribution < 1.29 is 23.1 Å². The molecule has 152 valence electrons. The van der Waals surface area contributed by atoms with Crippen LogP contribution in [0.3, 0.4) is 0 Å². The zero-order chi connectivity index (χ0) is 20.5. The minimum atomic E-state index is -2.70. The normalized spacial score (nSPS) is 18.0. The van der Waals surface area contributed by atoms with E-state index >= 15 is 0 Å². The van der Waals surface area contributed by atoms with Gasteiger partial charge in [-0.3, -0.25) is 9.20 Å². The van der Waals surface area contributed by atoms with Gasteiger partial charge in [-0.05, 0) is 26.8 Å². The van der Waals surface area contributed by atoms with E-state index in [1.165, 1.54) is 0 Å². The molecule has 1 aliphatic rings. The Morgan fingerprint density at radius 3 is 2.54 bits per heavy atom. The van der Waals surface area contributed by atoms with Crippen LogP contribution in [0.25, 0.3) is 5.78 Å². The second kappa shape index (κ2) is 7.33. The van der Waals surface area contributed by atoms with Gasteiger partial charge in [-0.25, -0.2) is 23.5 Å². The molecule has 1 atom stereocenters. The van der Waals surface area contributed by atoms with Crippen LogP contribution in [0.5, 0.6) is 0 Å². The Morgan fingerprint density at radius 2 is 1.89 bits per heavy atom. The molecule has 2 amide bonds. The zero-order valence-corrected chi connectivity index (χ0v) is 16.0. The van der Waals surface area contributed by atoms with Crippen molar-refractivity contribution >= 4 is 17.8 Å². The van der Waals surface area contributed by atoms with E-state index in [0.29, 0.717) is 17.2 Å². The van der Waals surface area contributed by atoms with Crippen molar-refractivity contribution in [2.75, 3.05) is 0 Å². The third kappa shape index (κ3) is 5.37. The third-order valence-electron chi connectivity index (χ3n) is 4.10. The summed E-state index contributed by atoms with van der Waals surface area (Å²) in [6, 6.07) is 1.70. The van der Waals surface area contributed by atoms with E-state index in [0.717, 1.165) is 0 Å². The number of ether oxygens (including phenoxy) is 1. The lowest BCUT2D eigenvalue weighted by Crippen LogP contribution is -2.32. The van der Waals surface area contributed by atoms with Gasteiger partial charge in [0.15, 0.2) is 0 Å². The Bertz CT molecular complexity index is 891. The molecule has 0 saturated heterocycles. The van der Waals surface area contributed by atoms with Crippen molar-refractivity contribution in [3.8, 4) is 0 Å². The summed E-state index contributed by atoms with van der Waals surface area (Å²) in [6.07, 6.45) is 2.50. The summed E-state index contributed by atoms with van der Waals surface area (Å²) in [7, 11) is 0. The number of hydrogen-bond acceptors (Lipinski definition) is 5. The summed E-state index contributed by atoms with van der Waals surface area (Å²) < 4.78 is 32.6. The van der Waals surface area contributed by atoms with Crippen LogP contribution in [0, 0.1) is 5.92 Å². The number of rotatable bonds is 6. The Labute approximate surface area is 160 Å². The minimum Gasteiger partial charge on any atom is -0.444 e. The fourth-order valence-electron chi connectivity index (χ4n) is 2.59. The summed E-state index contributed by atoms with van der Waals surface area (Å²) in [5.41, 5.74) is 0.565. The summed E-state index contributed by atoms with van der Waals surface area (Å²) >= 11 is 0. The van der Waals surface area contributed by atoms with Crippen molar-refractivity contribution in [1.82, 2.24) is 25.0 Å². The Kier molecular flexibility index (Phi) is 5.22. The van der Waals surface area contributed by atoms with Gasteiger partial charge in [-0.1, -0.05) is 0 Å². The van der Waals surface area contributed by atoms with Crippen molar-refractivity contribution in [2.24, 2.45) is 5.92 Å². The number of amides is 2. The standard InChI is InChI=1S/C18H23F2N5O3/c1-17(2,3)28-16(27)22-9-13-10-25-5-4-12(23-15(25)24-13)8-21-14(26)6-11-7-18(11,19)20/h4-5,10-11H,6-9H2,1-3H3,(H,21,26)(H,22,27). The number of alkyl carbamates (subject to hydrolysis) is 1. The SMILES string of the molecule is CC(C)(C)OC(=O)NCc1cn2ccc(CNC(=O)CC3CC3(F)F)nc2n1. The predicted molar refractivity (Wildman–Crippen MR) is 95.6 cm³/mol. The first-order valence-corrected chi connectivity index (χ1v) is 8.97. The topological polar surface area (TPSA) is 97.6 Å². The number of alkyl halides is 2. The molecule has 2 heterocycles. The molecule has 1 saturated carbocycles. The van der Waals surface area contributed by atoms with Gasteiger partial charge in [-0.15, -0.1) is 0 Å². The zero-order valence-electron chi connectivity index (χ0n) is 16.0. The van der Waals surface area contributed by atoms with Crippen molar-refractivity contribution in [3.05, 3.63) is 29.8 Å². The highest BCUT2D eigenvalue weighted by molar-refractivity contribution is 5.76. The minimum absolute atomic E-state index is 0.131. The molecule has 2 aromatic rings. The molecule has 0 aliphatic heterocycles. The molecule has 3 rings (SSSR count). The molecule has 0 bridgehead atoms. The van der Waals surface area contributed by atoms with Crippen LogP contribution >= 0.6 is 0 Å². The predicted octanol–water partition coefficient (Wildman–Crippen LogP) is 2.42. The lowest BCUT2D eigenvalue weighted by molar-refractivity contribution is -0.122. The van der Waals surface area contributed by atoms with Gasteiger partial charge < -0.3 is 15.4 Å². The quantitative estimate of drug-likeness (QED) is 0.783. The van der Waals surface area contributed by atoms with Crippen LogP contribution in [-0.4, -0.2) is 37.9 Å². The highest BCUT2D eigenvalue weighted by atomic mass is 19.3. The summed E-state index contributed by atoms with van der Waals surface area (Å²) in [5, 5.41) is 5.21. The molecule has 28 heavy (non-hydrogen) atoms. The average Bonchev–Trinajstić information content (AvgIpc) is 3.00. The molecule has 0 radical (unpaired) electrons. The molecule has 1 fully saturated rings. The number of nitrogens with one attached hydrogen (secondary N) is 2. The first-order valence-electron chi connectivity index (χ1n) is 8.97. The second-order valence-corrected chi connectivity index (χ2v) is 7.86. The van der Waals surface area contributed by atoms with Crippen LogP contribution in [-0.2, 0) is 22.6 Å². The van der Waals surface area contributed by atoms with Crippen LogP contribution in [0.1, 0.15) is 45.0 Å². The van der Waals surface area contributed by atoms with Crippen LogP contribution in [0.2, 0.25) is 0 Å². The van der Waals surface area contributed by atoms with E-state index in [1.807, 2.05) is 0 Å². The Hall–Kier alpha value is -2.78. The maximum absolute atomic E-state index is 12.9. The fraction of sp³-hybridized carbons (Fsp3) is 0.556. The summed E-state index contributed by atoms with van der Waals surface area (Å²) in [5.74, 6) is -3.57. The lowest BCUT2D eigenvalue weighted by Gasteiger charge is -2.19. The van der Waals surface area contributed by atoms with Crippen molar-refractivity contribution in [3.63, 3.8) is 0 Å². The number of imidazole rings is 1. The monoisotopic (exact) mass is 395 g/mol. The van der Waals surface area contributed by atoms with Gasteiger partial charge in [0.2, 0.25) is 11.7 Å². The molecular formula is C18H23F2N5O3. The number of carbonyl (C=O) groups excluding carboxylic acids is 2. The first-order chi connectivity index (χ1) is 13.0. The third-order valence-corrected chi connectivity index (χ3v) is 4.10. The molecule has 10 heteroatoms. The lowest BCUT2D eigenvalue weighted by atomic mass is 10.2. The molecule has 2 N–H and O–H groups in total. The highest BCUT2D eigenvalue weighted by Gasteiger charge is 2.57. The number of halogens is 2. The van der Waals surface area contributed by atoms with Gasteiger partial charge in [-0.2, -0.15) is 0 Å². The van der Waals surface area contributed by atoms with E-state index < -0.39 is 29.4 Å². The molecule has 0 aromatic carbocycles. The maximum atomic E-state index is 12.9. The number of carbonyl (C=O) groups is 2. The fourth-order valence-corrected chi connectivity index (χ4v) is 2.59. The smallest absolute Gasteiger partial charge is 0.407 e. The molecule has 8 nitrogen and oxygen atoms in total. The van der Waals surface area contributed by atoms with Gasteiger partial charge in [0, 0.05) is 31.2 Å². The van der Waals surface area contributed by atoms with E-state index in [2.05, 4.69) is 20.6 Å². The average molecular weight is 395 g/mol. The van der Waals surface area contributed by atoms with Crippen molar-refractivity contribution in [1.29, 1.82) is 0 Å². The van der Waals surface area contributed by atoms with E-state index in [9.17, 15) is 18.4 Å². The Balaban J connectivity index is 1.52. The van der Waals surface area contributed by atoms with E-state index in [-0.39, 0.29) is 25.9 Å². The van der Waals surface area contributed by atoms with Crippen LogP contribution in [0.15, 0.2) is 18.5 Å². The molecule has 1 aliphatic carbocycles. The number of nitrogens with zero attached hydrogens (tertiary/aromatic N) is 3. The van der Waals surface area contributed by atoms with Gasteiger partial charge in [0.25, 0.3) is 5.92 Å². The van der Waals surface area contributed by atoms with E-state index in [1.54, 1.807) is 43.6 Å².